The number of rotatable bonds is 4. The zero-order valence-electron chi connectivity index (χ0n) is 16.9. The van der Waals surface area contributed by atoms with E-state index < -0.39 is 29.8 Å². The summed E-state index contributed by atoms with van der Waals surface area (Å²) in [6.45, 7) is 1.18. The fraction of sp³-hybridized carbons (Fsp3) is 0.364. The highest BCUT2D eigenvalue weighted by Gasteiger charge is 2.56. The second-order valence-corrected chi connectivity index (χ2v) is 8.63. The van der Waals surface area contributed by atoms with Crippen LogP contribution in [0.15, 0.2) is 53.6 Å². The molecule has 0 radical (unpaired) electrons. The summed E-state index contributed by atoms with van der Waals surface area (Å²) in [5.41, 5.74) is 2.62. The van der Waals surface area contributed by atoms with E-state index in [2.05, 4.69) is 10.5 Å². The van der Waals surface area contributed by atoms with Gasteiger partial charge in [0, 0.05) is 18.1 Å². The number of hydrazone groups is 1. The first kappa shape index (κ1) is 22.9. The van der Waals surface area contributed by atoms with Crippen molar-refractivity contribution in [2.75, 3.05) is 18.1 Å². The molecule has 10 heteroatoms. The second-order valence-electron chi connectivity index (χ2n) is 7.79. The standard InChI is InChI=1S/C22H21Cl2F3N4O/c23-15-10-8-14(9-11-15)20-18(22(25,26)27)19(21(32)29-30-12-4-1-5-13-30)28-31(20)17-7-3-2-6-16(17)24/h2-3,6-11,18,20H,1,4-5,12-13H2,(H,29,32)/t18-,20-/m1/s1. The van der Waals surface area contributed by atoms with E-state index in [0.29, 0.717) is 23.7 Å². The SMILES string of the molecule is O=C(NN1CCCCC1)C1=NN(c2ccccc2Cl)[C@H](c2ccc(Cl)cc2)[C@@H]1C(F)(F)F. The van der Waals surface area contributed by atoms with Crippen molar-refractivity contribution in [2.45, 2.75) is 31.5 Å². The third-order valence-electron chi connectivity index (χ3n) is 5.60. The lowest BCUT2D eigenvalue weighted by Crippen LogP contribution is -2.50. The van der Waals surface area contributed by atoms with E-state index in [1.807, 2.05) is 0 Å². The molecule has 0 unspecified atom stereocenters. The minimum absolute atomic E-state index is 0.230. The molecule has 2 aromatic rings. The Morgan fingerprint density at radius 2 is 1.66 bits per heavy atom. The molecule has 1 amide bonds. The maximum absolute atomic E-state index is 14.4. The number of para-hydroxylation sites is 1. The summed E-state index contributed by atoms with van der Waals surface area (Å²) < 4.78 is 43.2. The third-order valence-corrected chi connectivity index (χ3v) is 6.17. The van der Waals surface area contributed by atoms with Crippen LogP contribution in [0.3, 0.4) is 0 Å². The highest BCUT2D eigenvalue weighted by molar-refractivity contribution is 6.41. The minimum Gasteiger partial charge on any atom is -0.284 e. The number of piperidine rings is 1. The van der Waals surface area contributed by atoms with Crippen molar-refractivity contribution < 1.29 is 18.0 Å². The van der Waals surface area contributed by atoms with E-state index in [1.165, 1.54) is 29.3 Å². The largest absolute Gasteiger partial charge is 0.399 e. The molecule has 170 valence electrons. The van der Waals surface area contributed by atoms with E-state index in [4.69, 9.17) is 23.2 Å². The number of halogens is 5. The van der Waals surface area contributed by atoms with Crippen LogP contribution >= 0.6 is 23.2 Å². The van der Waals surface area contributed by atoms with Gasteiger partial charge in [0.05, 0.1) is 16.8 Å². The van der Waals surface area contributed by atoms with Gasteiger partial charge in [0.1, 0.15) is 11.6 Å². The molecule has 0 saturated carbocycles. The molecule has 2 atom stereocenters. The number of alkyl halides is 3. The van der Waals surface area contributed by atoms with Crippen LogP contribution in [-0.2, 0) is 4.79 Å². The van der Waals surface area contributed by atoms with Crippen LogP contribution in [0.4, 0.5) is 18.9 Å². The summed E-state index contributed by atoms with van der Waals surface area (Å²) in [6.07, 6.45) is -1.96. The molecule has 32 heavy (non-hydrogen) atoms. The smallest absolute Gasteiger partial charge is 0.284 e. The van der Waals surface area contributed by atoms with Gasteiger partial charge in [-0.2, -0.15) is 18.3 Å². The molecule has 2 aromatic carbocycles. The summed E-state index contributed by atoms with van der Waals surface area (Å²) in [6, 6.07) is 11.2. The second kappa shape index (κ2) is 9.29. The van der Waals surface area contributed by atoms with Gasteiger partial charge in [0.15, 0.2) is 0 Å². The summed E-state index contributed by atoms with van der Waals surface area (Å²) in [5, 5.41) is 7.65. The monoisotopic (exact) mass is 484 g/mol. The molecule has 0 spiro atoms. The first-order valence-corrected chi connectivity index (χ1v) is 11.0. The van der Waals surface area contributed by atoms with Crippen molar-refractivity contribution in [1.82, 2.24) is 10.4 Å². The van der Waals surface area contributed by atoms with E-state index in [-0.39, 0.29) is 10.7 Å². The van der Waals surface area contributed by atoms with Gasteiger partial charge in [-0.25, -0.2) is 5.01 Å². The Labute approximate surface area is 193 Å². The predicted molar refractivity (Wildman–Crippen MR) is 119 cm³/mol. The van der Waals surface area contributed by atoms with E-state index >= 15 is 0 Å². The average Bonchev–Trinajstić information content (AvgIpc) is 3.16. The van der Waals surface area contributed by atoms with E-state index in [1.54, 1.807) is 29.3 Å². The van der Waals surface area contributed by atoms with Gasteiger partial charge >= 0.3 is 6.18 Å². The Bertz CT molecular complexity index is 1010. The number of nitrogens with zero attached hydrogens (tertiary/aromatic N) is 3. The molecule has 4 rings (SSSR count). The fourth-order valence-corrected chi connectivity index (χ4v) is 4.44. The summed E-state index contributed by atoms with van der Waals surface area (Å²) in [5.74, 6) is -3.01. The molecule has 1 saturated heterocycles. The van der Waals surface area contributed by atoms with E-state index in [0.717, 1.165) is 19.3 Å². The number of hydrogen-bond donors (Lipinski definition) is 1. The third kappa shape index (κ3) is 4.72. The lowest BCUT2D eigenvalue weighted by atomic mass is 9.88. The molecule has 2 aliphatic heterocycles. The molecule has 5 nitrogen and oxygen atoms in total. The molecule has 0 aliphatic carbocycles. The van der Waals surface area contributed by atoms with Crippen LogP contribution in [0.5, 0.6) is 0 Å². The van der Waals surface area contributed by atoms with E-state index in [9.17, 15) is 18.0 Å². The number of anilines is 1. The Balaban J connectivity index is 1.78. The number of hydrogen-bond acceptors (Lipinski definition) is 4. The Kier molecular flexibility index (Phi) is 6.65. The van der Waals surface area contributed by atoms with Crippen LogP contribution in [0.1, 0.15) is 30.9 Å². The number of benzene rings is 2. The summed E-state index contributed by atoms with van der Waals surface area (Å²) in [7, 11) is 0. The van der Waals surface area contributed by atoms with Crippen molar-refractivity contribution in [3.05, 3.63) is 64.1 Å². The molecule has 1 fully saturated rings. The molecule has 0 aromatic heterocycles. The average molecular weight is 485 g/mol. The van der Waals surface area contributed by atoms with Crippen molar-refractivity contribution in [1.29, 1.82) is 0 Å². The van der Waals surface area contributed by atoms with Crippen LogP contribution in [-0.4, -0.2) is 35.9 Å². The normalized spacial score (nSPS) is 22.0. The number of carbonyl (C=O) groups excluding carboxylic acids is 1. The predicted octanol–water partition coefficient (Wildman–Crippen LogP) is 5.61. The Hall–Kier alpha value is -2.29. The Morgan fingerprint density at radius 1 is 1.00 bits per heavy atom. The van der Waals surface area contributed by atoms with Crippen LogP contribution in [0.2, 0.25) is 10.0 Å². The molecule has 2 aliphatic rings. The molecular weight excluding hydrogens is 464 g/mol. The van der Waals surface area contributed by atoms with Gasteiger partial charge < -0.3 is 0 Å². The maximum Gasteiger partial charge on any atom is 0.399 e. The number of amides is 1. The lowest BCUT2D eigenvalue weighted by Gasteiger charge is -2.30. The van der Waals surface area contributed by atoms with Gasteiger partial charge in [-0.1, -0.05) is 53.9 Å². The van der Waals surface area contributed by atoms with Gasteiger partial charge in [-0.15, -0.1) is 0 Å². The number of hydrazine groups is 1. The van der Waals surface area contributed by atoms with Gasteiger partial charge in [-0.05, 0) is 42.7 Å². The first-order chi connectivity index (χ1) is 15.3. The molecule has 0 bridgehead atoms. The van der Waals surface area contributed by atoms with Crippen LogP contribution in [0, 0.1) is 5.92 Å². The Morgan fingerprint density at radius 3 is 2.28 bits per heavy atom. The molecule has 1 N–H and O–H groups in total. The number of carbonyl (C=O) groups is 1. The van der Waals surface area contributed by atoms with Crippen molar-refractivity contribution in [3.63, 3.8) is 0 Å². The molecular formula is C22H21Cl2F3N4O. The zero-order chi connectivity index (χ0) is 22.9. The number of nitrogens with one attached hydrogen (secondary N) is 1. The summed E-state index contributed by atoms with van der Waals surface area (Å²) >= 11 is 12.3. The van der Waals surface area contributed by atoms with Crippen molar-refractivity contribution in [3.8, 4) is 0 Å². The summed E-state index contributed by atoms with van der Waals surface area (Å²) in [4.78, 5) is 13.0. The molecule has 2 heterocycles. The maximum atomic E-state index is 14.4. The van der Waals surface area contributed by atoms with Crippen molar-refractivity contribution >= 4 is 40.5 Å². The van der Waals surface area contributed by atoms with Crippen LogP contribution < -0.4 is 10.4 Å². The van der Waals surface area contributed by atoms with Gasteiger partial charge in [-0.3, -0.25) is 15.2 Å². The zero-order valence-corrected chi connectivity index (χ0v) is 18.5. The van der Waals surface area contributed by atoms with Crippen molar-refractivity contribution in [2.24, 2.45) is 11.0 Å². The highest BCUT2D eigenvalue weighted by Crippen LogP contribution is 2.48. The fourth-order valence-electron chi connectivity index (χ4n) is 4.09. The quantitative estimate of drug-likeness (QED) is 0.613. The first-order valence-electron chi connectivity index (χ1n) is 10.3. The highest BCUT2D eigenvalue weighted by atomic mass is 35.5. The van der Waals surface area contributed by atoms with Crippen LogP contribution in [0.25, 0.3) is 0 Å². The van der Waals surface area contributed by atoms with Gasteiger partial charge in [0.25, 0.3) is 5.91 Å². The lowest BCUT2D eigenvalue weighted by molar-refractivity contribution is -0.160. The topological polar surface area (TPSA) is 47.9 Å². The van der Waals surface area contributed by atoms with Gasteiger partial charge in [0.2, 0.25) is 0 Å². The minimum atomic E-state index is -4.72.